The number of benzene rings is 1. The van der Waals surface area contributed by atoms with Gasteiger partial charge < -0.3 is 15.4 Å². The van der Waals surface area contributed by atoms with Crippen molar-refractivity contribution in [3.63, 3.8) is 0 Å². The summed E-state index contributed by atoms with van der Waals surface area (Å²) in [7, 11) is 3.28. The number of ether oxygens (including phenoxy) is 1. The molecule has 0 saturated carbocycles. The predicted molar refractivity (Wildman–Crippen MR) is 110 cm³/mol. The van der Waals surface area contributed by atoms with Crippen LogP contribution in [0.1, 0.15) is 28.4 Å². The number of hydrogen-bond acceptors (Lipinski definition) is 6. The molecule has 0 spiro atoms. The third kappa shape index (κ3) is 5.89. The van der Waals surface area contributed by atoms with Crippen molar-refractivity contribution in [3.05, 3.63) is 41.1 Å². The summed E-state index contributed by atoms with van der Waals surface area (Å²) in [5.41, 5.74) is 3.02. The zero-order valence-corrected chi connectivity index (χ0v) is 17.4. The van der Waals surface area contributed by atoms with Crippen LogP contribution >= 0.6 is 0 Å². The number of nitrogens with one attached hydrogen (secondary N) is 2. The van der Waals surface area contributed by atoms with Gasteiger partial charge in [0, 0.05) is 12.7 Å². The fourth-order valence-electron chi connectivity index (χ4n) is 2.74. The second-order valence-corrected chi connectivity index (χ2v) is 6.77. The molecule has 0 atom stereocenters. The van der Waals surface area contributed by atoms with Crippen molar-refractivity contribution in [2.45, 2.75) is 20.8 Å². The second-order valence-electron chi connectivity index (χ2n) is 6.77. The molecular weight excluding hydrogens is 374 g/mol. The van der Waals surface area contributed by atoms with Crippen molar-refractivity contribution in [1.29, 1.82) is 0 Å². The quantitative estimate of drug-likeness (QED) is 0.653. The highest BCUT2D eigenvalue weighted by atomic mass is 16.5. The molecule has 1 aromatic heterocycles. The molecule has 2 aromatic rings. The minimum Gasteiger partial charge on any atom is -0.462 e. The highest BCUT2D eigenvalue weighted by Crippen LogP contribution is 2.18. The van der Waals surface area contributed by atoms with Gasteiger partial charge in [0.1, 0.15) is 11.4 Å². The zero-order valence-electron chi connectivity index (χ0n) is 17.4. The number of aromatic nitrogens is 2. The van der Waals surface area contributed by atoms with Gasteiger partial charge in [-0.1, -0.05) is 12.1 Å². The molecule has 0 saturated heterocycles. The molecule has 0 aliphatic rings. The number of nitrogens with zero attached hydrogens (tertiary/aromatic N) is 3. The van der Waals surface area contributed by atoms with Gasteiger partial charge in [-0.05, 0) is 45.0 Å². The monoisotopic (exact) mass is 401 g/mol. The smallest absolute Gasteiger partial charge is 0.343 e. The number of anilines is 2. The first-order chi connectivity index (χ1) is 13.7. The van der Waals surface area contributed by atoms with E-state index in [0.29, 0.717) is 0 Å². The minimum atomic E-state index is -0.558. The molecule has 0 unspecified atom stereocenters. The van der Waals surface area contributed by atoms with Crippen LogP contribution in [-0.4, -0.2) is 59.2 Å². The molecule has 2 N–H and O–H groups in total. The lowest BCUT2D eigenvalue weighted by Crippen LogP contribution is -2.36. The molecule has 0 fully saturated rings. The van der Waals surface area contributed by atoms with Gasteiger partial charge in [0.25, 0.3) is 0 Å². The highest BCUT2D eigenvalue weighted by molar-refractivity contribution is 6.01. The topological polar surface area (TPSA) is 106 Å². The third-order valence-corrected chi connectivity index (χ3v) is 4.40. The van der Waals surface area contributed by atoms with Crippen LogP contribution in [0.2, 0.25) is 0 Å². The first-order valence-corrected chi connectivity index (χ1v) is 9.26. The summed E-state index contributed by atoms with van der Waals surface area (Å²) in [5.74, 6) is -0.901. The average molecular weight is 401 g/mol. The van der Waals surface area contributed by atoms with E-state index >= 15 is 0 Å². The number of aryl methyl sites for hydroxylation is 2. The van der Waals surface area contributed by atoms with Crippen molar-refractivity contribution >= 4 is 29.3 Å². The number of likely N-dealkylation sites (N-methyl/N-ethyl adjacent to an activating group) is 1. The number of esters is 1. The van der Waals surface area contributed by atoms with E-state index in [2.05, 4.69) is 15.7 Å². The van der Waals surface area contributed by atoms with Crippen molar-refractivity contribution in [3.8, 4) is 0 Å². The summed E-state index contributed by atoms with van der Waals surface area (Å²) in [6, 6.07) is 5.70. The molecule has 2 amide bonds. The SMILES string of the molecule is CCOC(=O)c1cnn(C)c1NC(=O)CN(C)CC(=O)Nc1cccc(C)c1C. The molecule has 9 nitrogen and oxygen atoms in total. The van der Waals surface area contributed by atoms with Gasteiger partial charge >= 0.3 is 5.97 Å². The van der Waals surface area contributed by atoms with Crippen LogP contribution in [0.4, 0.5) is 11.5 Å². The maximum atomic E-state index is 12.4. The van der Waals surface area contributed by atoms with Crippen LogP contribution in [-0.2, 0) is 21.4 Å². The van der Waals surface area contributed by atoms with Gasteiger partial charge in [0.05, 0.1) is 25.9 Å². The van der Waals surface area contributed by atoms with Gasteiger partial charge in [0.15, 0.2) is 0 Å². The van der Waals surface area contributed by atoms with Crippen molar-refractivity contribution in [1.82, 2.24) is 14.7 Å². The van der Waals surface area contributed by atoms with E-state index in [0.717, 1.165) is 16.8 Å². The summed E-state index contributed by atoms with van der Waals surface area (Å²) < 4.78 is 6.35. The van der Waals surface area contributed by atoms with E-state index in [4.69, 9.17) is 4.74 Å². The van der Waals surface area contributed by atoms with Crippen LogP contribution in [0.3, 0.4) is 0 Å². The predicted octanol–water partition coefficient (Wildman–Crippen LogP) is 1.72. The molecule has 2 rings (SSSR count). The first-order valence-electron chi connectivity index (χ1n) is 9.26. The lowest BCUT2D eigenvalue weighted by atomic mass is 10.1. The Labute approximate surface area is 170 Å². The average Bonchev–Trinajstić information content (AvgIpc) is 2.99. The molecule has 9 heteroatoms. The van der Waals surface area contributed by atoms with Crippen LogP contribution in [0, 0.1) is 13.8 Å². The molecule has 0 bridgehead atoms. The highest BCUT2D eigenvalue weighted by Gasteiger charge is 2.20. The van der Waals surface area contributed by atoms with Crippen molar-refractivity contribution in [2.24, 2.45) is 7.05 Å². The van der Waals surface area contributed by atoms with E-state index in [-0.39, 0.29) is 42.9 Å². The standard InChI is InChI=1S/C20H27N5O4/c1-6-29-20(28)15-10-21-25(5)19(15)23-18(27)12-24(4)11-17(26)22-16-9-7-8-13(2)14(16)3/h7-10H,6,11-12H2,1-5H3,(H,22,26)(H,23,27). The Balaban J connectivity index is 1.93. The maximum Gasteiger partial charge on any atom is 0.343 e. The summed E-state index contributed by atoms with van der Waals surface area (Å²) in [6.07, 6.45) is 1.34. The van der Waals surface area contributed by atoms with E-state index in [1.54, 1.807) is 25.9 Å². The molecule has 0 radical (unpaired) electrons. The normalized spacial score (nSPS) is 10.7. The number of rotatable bonds is 8. The maximum absolute atomic E-state index is 12.4. The fraction of sp³-hybridized carbons (Fsp3) is 0.400. The third-order valence-electron chi connectivity index (χ3n) is 4.40. The fourth-order valence-corrected chi connectivity index (χ4v) is 2.74. The minimum absolute atomic E-state index is 0.0341. The Bertz CT molecular complexity index is 906. The lowest BCUT2D eigenvalue weighted by Gasteiger charge is -2.17. The Morgan fingerprint density at radius 2 is 1.79 bits per heavy atom. The van der Waals surface area contributed by atoms with Gasteiger partial charge in [-0.15, -0.1) is 0 Å². The number of amides is 2. The van der Waals surface area contributed by atoms with E-state index in [1.165, 1.54) is 10.9 Å². The molecule has 1 heterocycles. The van der Waals surface area contributed by atoms with Gasteiger partial charge in [-0.25, -0.2) is 4.79 Å². The lowest BCUT2D eigenvalue weighted by molar-refractivity contribution is -0.119. The van der Waals surface area contributed by atoms with Gasteiger partial charge in [0.2, 0.25) is 11.8 Å². The molecule has 1 aromatic carbocycles. The summed E-state index contributed by atoms with van der Waals surface area (Å²) >= 11 is 0. The summed E-state index contributed by atoms with van der Waals surface area (Å²) in [5, 5.41) is 9.50. The summed E-state index contributed by atoms with van der Waals surface area (Å²) in [4.78, 5) is 38.2. The van der Waals surface area contributed by atoms with Crippen LogP contribution in [0.25, 0.3) is 0 Å². The molecule has 0 aliphatic heterocycles. The first kappa shape index (κ1) is 22.1. The van der Waals surface area contributed by atoms with Crippen molar-refractivity contribution in [2.75, 3.05) is 37.4 Å². The Hall–Kier alpha value is -3.20. The Morgan fingerprint density at radius 3 is 2.45 bits per heavy atom. The summed E-state index contributed by atoms with van der Waals surface area (Å²) in [6.45, 7) is 5.84. The van der Waals surface area contributed by atoms with E-state index in [9.17, 15) is 14.4 Å². The molecule has 29 heavy (non-hydrogen) atoms. The number of hydrogen-bond donors (Lipinski definition) is 2. The number of carbonyl (C=O) groups is 3. The van der Waals surface area contributed by atoms with E-state index < -0.39 is 5.97 Å². The number of carbonyl (C=O) groups excluding carboxylic acids is 3. The molecular formula is C20H27N5O4. The van der Waals surface area contributed by atoms with Gasteiger partial charge in [-0.3, -0.25) is 19.2 Å². The van der Waals surface area contributed by atoms with Crippen LogP contribution < -0.4 is 10.6 Å². The second kappa shape index (κ2) is 9.83. The van der Waals surface area contributed by atoms with Crippen LogP contribution in [0.15, 0.2) is 24.4 Å². The van der Waals surface area contributed by atoms with Crippen molar-refractivity contribution < 1.29 is 19.1 Å². The molecule has 156 valence electrons. The Kier molecular flexibility index (Phi) is 7.49. The van der Waals surface area contributed by atoms with E-state index in [1.807, 2.05) is 32.0 Å². The zero-order chi connectivity index (χ0) is 21.6. The van der Waals surface area contributed by atoms with Crippen LogP contribution in [0.5, 0.6) is 0 Å². The van der Waals surface area contributed by atoms with Gasteiger partial charge in [-0.2, -0.15) is 5.10 Å². The largest absolute Gasteiger partial charge is 0.462 e. The Morgan fingerprint density at radius 1 is 1.14 bits per heavy atom. The molecule has 0 aliphatic carbocycles.